The van der Waals surface area contributed by atoms with Gasteiger partial charge in [0.05, 0.1) is 6.07 Å². The maximum absolute atomic E-state index is 11.1. The molecule has 0 aromatic rings. The van der Waals surface area contributed by atoms with Crippen LogP contribution in [0.2, 0.25) is 0 Å². The number of allylic oxidation sites excluding steroid dienone is 2. The van der Waals surface area contributed by atoms with Crippen LogP contribution in [0, 0.1) is 17.2 Å². The minimum atomic E-state index is 0.405. The fourth-order valence-corrected chi connectivity index (χ4v) is 1.81. The Kier molecular flexibility index (Phi) is 4.99. The summed E-state index contributed by atoms with van der Waals surface area (Å²) in [4.78, 5) is 11.1. The van der Waals surface area contributed by atoms with Gasteiger partial charge in [0.25, 0.3) is 0 Å². The first-order valence-corrected chi connectivity index (χ1v) is 5.38. The first kappa shape index (κ1) is 11.0. The second-order valence-electron chi connectivity index (χ2n) is 3.87. The number of hydrogen-bond acceptors (Lipinski definition) is 2. The van der Waals surface area contributed by atoms with Crippen molar-refractivity contribution in [2.24, 2.45) is 5.92 Å². The summed E-state index contributed by atoms with van der Waals surface area (Å²) in [5.74, 6) is 0.876. The summed E-state index contributed by atoms with van der Waals surface area (Å²) in [6.45, 7) is 0. The van der Waals surface area contributed by atoms with Crippen LogP contribution in [0.3, 0.4) is 0 Å². The summed E-state index contributed by atoms with van der Waals surface area (Å²) in [6, 6.07) is 2.13. The van der Waals surface area contributed by atoms with Gasteiger partial charge < -0.3 is 0 Å². The van der Waals surface area contributed by atoms with Crippen LogP contribution in [-0.2, 0) is 4.79 Å². The van der Waals surface area contributed by atoms with Crippen LogP contribution in [0.1, 0.15) is 44.9 Å². The molecule has 0 radical (unpaired) electrons. The van der Waals surface area contributed by atoms with Crippen LogP contribution in [0.15, 0.2) is 12.2 Å². The number of nitriles is 1. The number of Topliss-reactive ketones (excluding diaryl/α,β-unsaturated/α-hetero) is 1. The smallest absolute Gasteiger partial charge is 0.133 e. The molecule has 1 saturated carbocycles. The molecule has 0 heterocycles. The van der Waals surface area contributed by atoms with E-state index in [0.717, 1.165) is 38.5 Å². The lowest BCUT2D eigenvalue weighted by atomic mass is 9.88. The van der Waals surface area contributed by atoms with Gasteiger partial charge in [-0.15, -0.1) is 0 Å². The maximum atomic E-state index is 11.1. The van der Waals surface area contributed by atoms with E-state index in [1.165, 1.54) is 0 Å². The molecule has 0 aromatic heterocycles. The molecule has 0 bridgehead atoms. The van der Waals surface area contributed by atoms with Gasteiger partial charge in [-0.05, 0) is 31.6 Å². The highest BCUT2D eigenvalue weighted by Crippen LogP contribution is 2.22. The van der Waals surface area contributed by atoms with Crippen LogP contribution in [0.25, 0.3) is 0 Å². The van der Waals surface area contributed by atoms with Gasteiger partial charge in [-0.3, -0.25) is 4.79 Å². The molecule has 1 unspecified atom stereocenters. The molecule has 1 rings (SSSR count). The Labute approximate surface area is 85.6 Å². The van der Waals surface area contributed by atoms with Crippen molar-refractivity contribution in [3.8, 4) is 6.07 Å². The van der Waals surface area contributed by atoms with Crippen molar-refractivity contribution in [1.82, 2.24) is 0 Å². The Balaban J connectivity index is 2.16. The van der Waals surface area contributed by atoms with E-state index in [4.69, 9.17) is 5.26 Å². The van der Waals surface area contributed by atoms with Gasteiger partial charge in [-0.1, -0.05) is 12.2 Å². The zero-order valence-electron chi connectivity index (χ0n) is 8.54. The topological polar surface area (TPSA) is 40.9 Å². The third-order valence-corrected chi connectivity index (χ3v) is 2.59. The molecule has 0 spiro atoms. The van der Waals surface area contributed by atoms with E-state index >= 15 is 0 Å². The van der Waals surface area contributed by atoms with E-state index in [9.17, 15) is 4.79 Å². The first-order chi connectivity index (χ1) is 6.83. The normalized spacial score (nSPS) is 22.5. The fourth-order valence-electron chi connectivity index (χ4n) is 1.81. The molecule has 0 aliphatic heterocycles. The predicted molar refractivity (Wildman–Crippen MR) is 55.6 cm³/mol. The zero-order chi connectivity index (χ0) is 10.2. The third kappa shape index (κ3) is 4.23. The van der Waals surface area contributed by atoms with E-state index in [-0.39, 0.29) is 0 Å². The Bertz CT molecular complexity index is 250. The van der Waals surface area contributed by atoms with Crippen LogP contribution in [0.5, 0.6) is 0 Å². The Morgan fingerprint density at radius 2 is 2.43 bits per heavy atom. The van der Waals surface area contributed by atoms with Crippen molar-refractivity contribution in [2.45, 2.75) is 44.9 Å². The van der Waals surface area contributed by atoms with E-state index in [2.05, 4.69) is 18.2 Å². The monoisotopic (exact) mass is 191 g/mol. The molecule has 1 atom stereocenters. The Morgan fingerprint density at radius 3 is 3.14 bits per heavy atom. The van der Waals surface area contributed by atoms with E-state index < -0.39 is 0 Å². The molecule has 1 aliphatic carbocycles. The van der Waals surface area contributed by atoms with Crippen molar-refractivity contribution < 1.29 is 4.79 Å². The molecule has 0 saturated heterocycles. The second kappa shape index (κ2) is 6.37. The highest BCUT2D eigenvalue weighted by atomic mass is 16.1. The average molecular weight is 191 g/mol. The zero-order valence-corrected chi connectivity index (χ0v) is 8.54. The lowest BCUT2D eigenvalue weighted by Gasteiger charge is -2.16. The van der Waals surface area contributed by atoms with E-state index in [1.54, 1.807) is 0 Å². The number of hydrogen-bond donors (Lipinski definition) is 0. The molecule has 0 aromatic carbocycles. The van der Waals surface area contributed by atoms with Crippen LogP contribution >= 0.6 is 0 Å². The second-order valence-corrected chi connectivity index (χ2v) is 3.87. The highest BCUT2D eigenvalue weighted by molar-refractivity contribution is 5.79. The molecule has 2 nitrogen and oxygen atoms in total. The van der Waals surface area contributed by atoms with E-state index in [1.807, 2.05) is 0 Å². The number of unbranched alkanes of at least 4 members (excludes halogenated alkanes) is 2. The van der Waals surface area contributed by atoms with Crippen LogP contribution < -0.4 is 0 Å². The van der Waals surface area contributed by atoms with Crippen LogP contribution in [0.4, 0.5) is 0 Å². The minimum Gasteiger partial charge on any atom is -0.300 e. The van der Waals surface area contributed by atoms with Gasteiger partial charge in [-0.2, -0.15) is 5.26 Å². The van der Waals surface area contributed by atoms with E-state index in [0.29, 0.717) is 18.1 Å². The molecule has 76 valence electrons. The molecule has 14 heavy (non-hydrogen) atoms. The van der Waals surface area contributed by atoms with Gasteiger partial charge in [0.2, 0.25) is 0 Å². The van der Waals surface area contributed by atoms with Gasteiger partial charge >= 0.3 is 0 Å². The lowest BCUT2D eigenvalue weighted by Crippen LogP contribution is -2.12. The van der Waals surface area contributed by atoms with Gasteiger partial charge in [0, 0.05) is 19.3 Å². The molecule has 2 heteroatoms. The Hall–Kier alpha value is -1.10. The summed E-state index contributed by atoms with van der Waals surface area (Å²) in [5.41, 5.74) is 0. The summed E-state index contributed by atoms with van der Waals surface area (Å²) in [6.07, 6.45) is 10.5. The van der Waals surface area contributed by atoms with Gasteiger partial charge in [0.1, 0.15) is 5.78 Å². The molecular weight excluding hydrogens is 174 g/mol. The van der Waals surface area contributed by atoms with Crippen molar-refractivity contribution in [1.29, 1.82) is 5.26 Å². The number of rotatable bonds is 4. The molecule has 0 amide bonds. The SMILES string of the molecule is N#CCCC/C=C/C1CCCC(=O)C1. The predicted octanol–water partition coefficient (Wildman–Crippen LogP) is 3.00. The molecular formula is C12H17NO. The number of carbonyl (C=O) groups is 1. The Morgan fingerprint density at radius 1 is 1.57 bits per heavy atom. The lowest BCUT2D eigenvalue weighted by molar-refractivity contribution is -0.121. The van der Waals surface area contributed by atoms with Crippen molar-refractivity contribution >= 4 is 5.78 Å². The fraction of sp³-hybridized carbons (Fsp3) is 0.667. The molecule has 1 aliphatic rings. The quantitative estimate of drug-likeness (QED) is 0.506. The summed E-state index contributed by atoms with van der Waals surface area (Å²) < 4.78 is 0. The number of ketones is 1. The maximum Gasteiger partial charge on any atom is 0.133 e. The standard InChI is InChI=1S/C12H17NO/c13-9-4-2-1-3-6-11-7-5-8-12(14)10-11/h3,6,11H,1-2,4-5,7-8,10H2/b6-3+. The number of carbonyl (C=O) groups excluding carboxylic acids is 1. The van der Waals surface area contributed by atoms with Crippen molar-refractivity contribution in [3.63, 3.8) is 0 Å². The van der Waals surface area contributed by atoms with Gasteiger partial charge in [-0.25, -0.2) is 0 Å². The average Bonchev–Trinajstić information content (AvgIpc) is 2.18. The van der Waals surface area contributed by atoms with Gasteiger partial charge in [0.15, 0.2) is 0 Å². The third-order valence-electron chi connectivity index (χ3n) is 2.59. The summed E-state index contributed by atoms with van der Waals surface area (Å²) in [7, 11) is 0. The summed E-state index contributed by atoms with van der Waals surface area (Å²) >= 11 is 0. The summed E-state index contributed by atoms with van der Waals surface area (Å²) in [5, 5.41) is 8.33. The largest absolute Gasteiger partial charge is 0.300 e. The van der Waals surface area contributed by atoms with Crippen LogP contribution in [-0.4, -0.2) is 5.78 Å². The first-order valence-electron chi connectivity index (χ1n) is 5.38. The number of nitrogens with zero attached hydrogens (tertiary/aromatic N) is 1. The van der Waals surface area contributed by atoms with Crippen molar-refractivity contribution in [3.05, 3.63) is 12.2 Å². The minimum absolute atomic E-state index is 0.405. The van der Waals surface area contributed by atoms with Crippen molar-refractivity contribution in [2.75, 3.05) is 0 Å². The molecule has 0 N–H and O–H groups in total. The molecule has 1 fully saturated rings. The highest BCUT2D eigenvalue weighted by Gasteiger charge is 2.16.